The van der Waals surface area contributed by atoms with Gasteiger partial charge in [-0.05, 0) is 0 Å². The molecule has 26 heavy (non-hydrogen) atoms. The smallest absolute Gasteiger partial charge is 0.222 e. The van der Waals surface area contributed by atoms with Gasteiger partial charge in [-0.3, -0.25) is 0 Å². The lowest BCUT2D eigenvalue weighted by molar-refractivity contribution is 0.277. The zero-order valence-electron chi connectivity index (χ0n) is 13.8. The van der Waals surface area contributed by atoms with Crippen molar-refractivity contribution in [2.45, 2.75) is 13.1 Å². The van der Waals surface area contributed by atoms with Crippen LogP contribution in [0.2, 0.25) is 0 Å². The van der Waals surface area contributed by atoms with Gasteiger partial charge in [0.25, 0.3) is 0 Å². The van der Waals surface area contributed by atoms with Crippen LogP contribution in [0, 0.1) is 0 Å². The Kier molecular flexibility index (Phi) is 5.15. The molecule has 0 saturated carbocycles. The van der Waals surface area contributed by atoms with Gasteiger partial charge in [-0.2, -0.15) is 9.97 Å². The van der Waals surface area contributed by atoms with E-state index in [0.717, 1.165) is 11.0 Å². The molecule has 12 nitrogen and oxygen atoms in total. The fraction of sp³-hybridized carbons (Fsp3) is 0.286. The summed E-state index contributed by atoms with van der Waals surface area (Å²) in [7, 11) is 0. The first-order valence-corrected chi connectivity index (χ1v) is 7.70. The first-order chi connectivity index (χ1) is 12.6. The highest BCUT2D eigenvalue weighted by Crippen LogP contribution is 2.10. The van der Waals surface area contributed by atoms with Gasteiger partial charge in [-0.1, -0.05) is 0 Å². The highest BCUT2D eigenvalue weighted by Gasteiger charge is 2.04. The molecule has 0 atom stereocenters. The maximum atomic E-state index is 8.74. The van der Waals surface area contributed by atoms with Crippen LogP contribution in [0.1, 0.15) is 0 Å². The SMILES string of the molecule is Nc1ncc2c(ncn2CCO)n1.Nc1ncc2c(ncn2CCO)n1. The molecule has 0 aliphatic heterocycles. The summed E-state index contributed by atoms with van der Waals surface area (Å²) in [6, 6.07) is 0. The number of nitrogens with two attached hydrogens (primary N) is 2. The topological polar surface area (TPSA) is 180 Å². The van der Waals surface area contributed by atoms with Crippen molar-refractivity contribution in [3.05, 3.63) is 25.0 Å². The molecule has 0 amide bonds. The van der Waals surface area contributed by atoms with E-state index in [1.165, 1.54) is 0 Å². The van der Waals surface area contributed by atoms with E-state index >= 15 is 0 Å². The maximum absolute atomic E-state index is 8.74. The minimum absolute atomic E-state index is 0.0653. The largest absolute Gasteiger partial charge is 0.395 e. The van der Waals surface area contributed by atoms with Gasteiger partial charge in [0.05, 0.1) is 38.3 Å². The molecule has 0 bridgehead atoms. The van der Waals surface area contributed by atoms with Crippen LogP contribution in [0.4, 0.5) is 11.9 Å². The minimum atomic E-state index is 0.0653. The van der Waals surface area contributed by atoms with E-state index in [0.29, 0.717) is 24.4 Å². The average molecular weight is 358 g/mol. The Bertz CT molecular complexity index is 929. The zero-order chi connectivity index (χ0) is 18.5. The van der Waals surface area contributed by atoms with Crippen molar-refractivity contribution >= 4 is 34.2 Å². The number of imidazole rings is 2. The second-order valence-electron chi connectivity index (χ2n) is 5.20. The predicted octanol–water partition coefficient (Wildman–Crippen LogP) is -1.20. The van der Waals surface area contributed by atoms with Crippen molar-refractivity contribution in [3.63, 3.8) is 0 Å². The Hall–Kier alpha value is -3.38. The van der Waals surface area contributed by atoms with Gasteiger partial charge < -0.3 is 30.8 Å². The summed E-state index contributed by atoms with van der Waals surface area (Å²) in [5.41, 5.74) is 13.4. The van der Waals surface area contributed by atoms with Crippen molar-refractivity contribution in [1.82, 2.24) is 39.0 Å². The number of rotatable bonds is 4. The number of fused-ring (bicyclic) bond motifs is 2. The predicted molar refractivity (Wildman–Crippen MR) is 93.6 cm³/mol. The first-order valence-electron chi connectivity index (χ1n) is 7.70. The zero-order valence-corrected chi connectivity index (χ0v) is 13.8. The van der Waals surface area contributed by atoms with Gasteiger partial charge in [-0.15, -0.1) is 0 Å². The normalized spacial score (nSPS) is 10.8. The van der Waals surface area contributed by atoms with Gasteiger partial charge in [0.2, 0.25) is 11.9 Å². The van der Waals surface area contributed by atoms with Gasteiger partial charge in [0.1, 0.15) is 11.0 Å². The molecule has 0 fully saturated rings. The Balaban J connectivity index is 0.000000151. The Morgan fingerprint density at radius 1 is 0.731 bits per heavy atom. The molecule has 12 heteroatoms. The molecule has 4 heterocycles. The highest BCUT2D eigenvalue weighted by atomic mass is 16.3. The lowest BCUT2D eigenvalue weighted by atomic mass is 10.5. The molecule has 0 unspecified atom stereocenters. The van der Waals surface area contributed by atoms with Crippen molar-refractivity contribution < 1.29 is 10.2 Å². The van der Waals surface area contributed by atoms with Crippen LogP contribution < -0.4 is 11.5 Å². The molecule has 136 valence electrons. The number of anilines is 2. The monoisotopic (exact) mass is 358 g/mol. The standard InChI is InChI=1S/2C7H9N5O/c2*8-7-9-3-5-6(11-7)10-4-12(5)1-2-13/h2*3-4,13H,1-2H2,(H2,8,9,11). The number of aliphatic hydroxyl groups is 2. The average Bonchev–Trinajstić information content (AvgIpc) is 3.20. The molecule has 4 aromatic rings. The van der Waals surface area contributed by atoms with E-state index in [1.54, 1.807) is 34.2 Å². The number of hydrogen-bond acceptors (Lipinski definition) is 10. The maximum Gasteiger partial charge on any atom is 0.222 e. The third-order valence-electron chi connectivity index (χ3n) is 3.48. The van der Waals surface area contributed by atoms with E-state index in [9.17, 15) is 0 Å². The van der Waals surface area contributed by atoms with Gasteiger partial charge in [-0.25, -0.2) is 19.9 Å². The number of nitrogen functional groups attached to an aromatic ring is 2. The van der Waals surface area contributed by atoms with Crippen LogP contribution >= 0.6 is 0 Å². The van der Waals surface area contributed by atoms with Gasteiger partial charge in [0.15, 0.2) is 11.3 Å². The van der Waals surface area contributed by atoms with Crippen LogP contribution in [-0.2, 0) is 13.1 Å². The number of hydrogen-bond donors (Lipinski definition) is 4. The van der Waals surface area contributed by atoms with Crippen LogP contribution in [0.25, 0.3) is 22.3 Å². The van der Waals surface area contributed by atoms with E-state index in [-0.39, 0.29) is 25.1 Å². The molecule has 4 aromatic heterocycles. The molecule has 4 rings (SSSR count). The highest BCUT2D eigenvalue weighted by molar-refractivity contribution is 5.71. The number of aliphatic hydroxyl groups excluding tert-OH is 2. The third-order valence-corrected chi connectivity index (χ3v) is 3.48. The van der Waals surface area contributed by atoms with E-state index in [1.807, 2.05) is 0 Å². The minimum Gasteiger partial charge on any atom is -0.395 e. The first kappa shape index (κ1) is 17.4. The molecule has 0 saturated heterocycles. The molecule has 0 aliphatic carbocycles. The Labute approximate surface area is 147 Å². The van der Waals surface area contributed by atoms with Crippen molar-refractivity contribution in [2.75, 3.05) is 24.7 Å². The van der Waals surface area contributed by atoms with Crippen LogP contribution in [0.5, 0.6) is 0 Å². The Morgan fingerprint density at radius 2 is 1.15 bits per heavy atom. The summed E-state index contributed by atoms with van der Waals surface area (Å²) < 4.78 is 3.55. The van der Waals surface area contributed by atoms with Crippen molar-refractivity contribution in [1.29, 1.82) is 0 Å². The molecule has 0 aromatic carbocycles. The lowest BCUT2D eigenvalue weighted by Gasteiger charge is -1.98. The summed E-state index contributed by atoms with van der Waals surface area (Å²) >= 11 is 0. The summed E-state index contributed by atoms with van der Waals surface area (Å²) in [5.74, 6) is 0.420. The third kappa shape index (κ3) is 3.65. The summed E-state index contributed by atoms with van der Waals surface area (Å²) in [6.07, 6.45) is 6.41. The Morgan fingerprint density at radius 3 is 1.54 bits per heavy atom. The summed E-state index contributed by atoms with van der Waals surface area (Å²) in [5, 5.41) is 17.5. The second-order valence-corrected chi connectivity index (χ2v) is 5.20. The molecular formula is C14H18N10O2. The summed E-state index contributed by atoms with van der Waals surface area (Å²) in [6.45, 7) is 1.11. The van der Waals surface area contributed by atoms with E-state index in [4.69, 9.17) is 21.7 Å². The quantitative estimate of drug-likeness (QED) is 0.346. The van der Waals surface area contributed by atoms with Crippen LogP contribution in [0.15, 0.2) is 25.0 Å². The summed E-state index contributed by atoms with van der Waals surface area (Å²) in [4.78, 5) is 23.6. The molecule has 0 radical (unpaired) electrons. The van der Waals surface area contributed by atoms with Crippen molar-refractivity contribution in [2.24, 2.45) is 0 Å². The molecule has 0 spiro atoms. The van der Waals surface area contributed by atoms with Gasteiger partial charge in [0, 0.05) is 13.1 Å². The second kappa shape index (κ2) is 7.67. The molecular weight excluding hydrogens is 340 g/mol. The van der Waals surface area contributed by atoms with Crippen molar-refractivity contribution in [3.8, 4) is 0 Å². The van der Waals surface area contributed by atoms with E-state index in [2.05, 4.69) is 29.9 Å². The van der Waals surface area contributed by atoms with Crippen LogP contribution in [0.3, 0.4) is 0 Å². The van der Waals surface area contributed by atoms with E-state index < -0.39 is 0 Å². The lowest BCUT2D eigenvalue weighted by Crippen LogP contribution is -2.01. The fourth-order valence-electron chi connectivity index (χ4n) is 2.30. The fourth-order valence-corrected chi connectivity index (χ4v) is 2.30. The molecule has 0 aliphatic rings. The molecule has 6 N–H and O–H groups in total. The van der Waals surface area contributed by atoms with Gasteiger partial charge >= 0.3 is 0 Å². The number of aromatic nitrogens is 8. The van der Waals surface area contributed by atoms with Crippen LogP contribution in [-0.4, -0.2) is 62.5 Å². The number of nitrogens with zero attached hydrogens (tertiary/aromatic N) is 8.